The molecule has 1 saturated heterocycles. The maximum absolute atomic E-state index is 5.48. The van der Waals surface area contributed by atoms with Crippen LogP contribution in [0.4, 0.5) is 5.69 Å². The summed E-state index contributed by atoms with van der Waals surface area (Å²) in [6.45, 7) is 4.94. The van der Waals surface area contributed by atoms with Gasteiger partial charge in [-0.2, -0.15) is 0 Å². The molecule has 2 heterocycles. The number of aryl methyl sites for hydroxylation is 1. The van der Waals surface area contributed by atoms with E-state index in [1.807, 2.05) is 0 Å². The third-order valence-corrected chi connectivity index (χ3v) is 3.54. The van der Waals surface area contributed by atoms with Crippen molar-refractivity contribution in [1.82, 2.24) is 0 Å². The van der Waals surface area contributed by atoms with E-state index in [1.165, 1.54) is 43.6 Å². The average Bonchev–Trinajstić information content (AvgIpc) is 2.98. The van der Waals surface area contributed by atoms with E-state index >= 15 is 0 Å². The summed E-state index contributed by atoms with van der Waals surface area (Å²) in [7, 11) is 0. The van der Waals surface area contributed by atoms with Crippen molar-refractivity contribution in [3.8, 4) is 11.5 Å². The lowest BCUT2D eigenvalue weighted by Gasteiger charge is -2.21. The Kier molecular flexibility index (Phi) is 2.83. The number of anilines is 1. The van der Waals surface area contributed by atoms with E-state index in [-0.39, 0.29) is 0 Å². The van der Waals surface area contributed by atoms with Crippen LogP contribution in [0.25, 0.3) is 0 Å². The van der Waals surface area contributed by atoms with Crippen molar-refractivity contribution >= 4 is 5.69 Å². The van der Waals surface area contributed by atoms with Crippen LogP contribution in [0.3, 0.4) is 0 Å². The third kappa shape index (κ3) is 1.94. The molecular formula is C14H19NO2. The van der Waals surface area contributed by atoms with Crippen LogP contribution < -0.4 is 14.4 Å². The fourth-order valence-corrected chi connectivity index (χ4v) is 2.70. The van der Waals surface area contributed by atoms with Gasteiger partial charge in [0.1, 0.15) is 0 Å². The molecule has 0 amide bonds. The first-order valence-electron chi connectivity index (χ1n) is 6.56. The molecule has 1 aromatic rings. The highest BCUT2D eigenvalue weighted by atomic mass is 16.7. The Balaban J connectivity index is 1.98. The van der Waals surface area contributed by atoms with Gasteiger partial charge in [-0.3, -0.25) is 0 Å². The Bertz CT molecular complexity index is 411. The minimum Gasteiger partial charge on any atom is -0.454 e. The highest BCUT2D eigenvalue weighted by Crippen LogP contribution is 2.39. The van der Waals surface area contributed by atoms with Crippen molar-refractivity contribution in [2.24, 2.45) is 0 Å². The van der Waals surface area contributed by atoms with Gasteiger partial charge >= 0.3 is 0 Å². The molecule has 3 heteroatoms. The van der Waals surface area contributed by atoms with Gasteiger partial charge < -0.3 is 14.4 Å². The number of nitrogens with zero attached hydrogens (tertiary/aromatic N) is 1. The predicted molar refractivity (Wildman–Crippen MR) is 68.0 cm³/mol. The molecule has 1 aromatic carbocycles. The standard InChI is InChI=1S/C14H19NO2/c1-2-5-11-8-13-14(17-10-16-13)9-12(11)15-6-3-4-7-15/h8-9H,2-7,10H2,1H3. The van der Waals surface area contributed by atoms with Crippen molar-refractivity contribution in [3.63, 3.8) is 0 Å². The Hall–Kier alpha value is -1.38. The number of ether oxygens (including phenoxy) is 2. The van der Waals surface area contributed by atoms with Gasteiger partial charge in [0.05, 0.1) is 0 Å². The molecule has 2 aliphatic rings. The fraction of sp³-hybridized carbons (Fsp3) is 0.571. The van der Waals surface area contributed by atoms with Crippen molar-refractivity contribution in [2.45, 2.75) is 32.6 Å². The molecule has 92 valence electrons. The maximum atomic E-state index is 5.48. The summed E-state index contributed by atoms with van der Waals surface area (Å²) in [5.74, 6) is 1.82. The van der Waals surface area contributed by atoms with Gasteiger partial charge in [0.25, 0.3) is 0 Å². The lowest BCUT2D eigenvalue weighted by molar-refractivity contribution is 0.174. The van der Waals surface area contributed by atoms with Crippen molar-refractivity contribution in [3.05, 3.63) is 17.7 Å². The van der Waals surface area contributed by atoms with Crippen LogP contribution in [0, 0.1) is 0 Å². The lowest BCUT2D eigenvalue weighted by Crippen LogP contribution is -2.19. The molecule has 0 saturated carbocycles. The van der Waals surface area contributed by atoms with Gasteiger partial charge in [0.15, 0.2) is 11.5 Å². The molecule has 0 aromatic heterocycles. The molecule has 1 fully saturated rings. The molecule has 3 rings (SSSR count). The van der Waals surface area contributed by atoms with E-state index in [2.05, 4.69) is 24.0 Å². The quantitative estimate of drug-likeness (QED) is 0.801. The number of hydrogen-bond acceptors (Lipinski definition) is 3. The fourth-order valence-electron chi connectivity index (χ4n) is 2.70. The summed E-state index contributed by atoms with van der Waals surface area (Å²) in [4.78, 5) is 2.48. The zero-order chi connectivity index (χ0) is 11.7. The van der Waals surface area contributed by atoms with E-state index < -0.39 is 0 Å². The lowest BCUT2D eigenvalue weighted by atomic mass is 10.1. The van der Waals surface area contributed by atoms with Crippen LogP contribution in [0.2, 0.25) is 0 Å². The van der Waals surface area contributed by atoms with Gasteiger partial charge in [-0.05, 0) is 30.9 Å². The summed E-state index contributed by atoms with van der Waals surface area (Å²) in [5.41, 5.74) is 2.76. The van der Waals surface area contributed by atoms with Crippen LogP contribution in [0.1, 0.15) is 31.7 Å². The second kappa shape index (κ2) is 4.47. The highest BCUT2D eigenvalue weighted by Gasteiger charge is 2.21. The van der Waals surface area contributed by atoms with Crippen molar-refractivity contribution in [2.75, 3.05) is 24.8 Å². The Morgan fingerprint density at radius 2 is 1.82 bits per heavy atom. The number of rotatable bonds is 3. The van der Waals surface area contributed by atoms with Gasteiger partial charge in [-0.25, -0.2) is 0 Å². The molecule has 0 bridgehead atoms. The second-order valence-corrected chi connectivity index (χ2v) is 4.78. The molecule has 0 spiro atoms. The molecule has 0 atom stereocenters. The average molecular weight is 233 g/mol. The summed E-state index contributed by atoms with van der Waals surface area (Å²) in [6, 6.07) is 4.33. The maximum Gasteiger partial charge on any atom is 0.231 e. The second-order valence-electron chi connectivity index (χ2n) is 4.78. The summed E-state index contributed by atoms with van der Waals surface area (Å²) in [6.07, 6.45) is 4.89. The van der Waals surface area contributed by atoms with Crippen LogP contribution in [0.15, 0.2) is 12.1 Å². The van der Waals surface area contributed by atoms with Crippen LogP contribution >= 0.6 is 0 Å². The number of hydrogen-bond donors (Lipinski definition) is 0. The molecular weight excluding hydrogens is 214 g/mol. The Morgan fingerprint density at radius 1 is 1.12 bits per heavy atom. The van der Waals surface area contributed by atoms with Crippen molar-refractivity contribution in [1.29, 1.82) is 0 Å². The summed E-state index contributed by atoms with van der Waals surface area (Å²) >= 11 is 0. The van der Waals surface area contributed by atoms with Gasteiger partial charge in [0.2, 0.25) is 6.79 Å². The van der Waals surface area contributed by atoms with E-state index in [4.69, 9.17) is 9.47 Å². The first kappa shape index (κ1) is 10.8. The largest absolute Gasteiger partial charge is 0.454 e. The minimum absolute atomic E-state index is 0.365. The summed E-state index contributed by atoms with van der Waals surface area (Å²) in [5, 5.41) is 0. The van der Waals surface area contributed by atoms with Gasteiger partial charge in [-0.15, -0.1) is 0 Å². The summed E-state index contributed by atoms with van der Waals surface area (Å²) < 4.78 is 10.9. The van der Waals surface area contributed by atoms with Crippen LogP contribution in [0.5, 0.6) is 11.5 Å². The number of fused-ring (bicyclic) bond motifs is 1. The van der Waals surface area contributed by atoms with E-state index in [0.29, 0.717) is 6.79 Å². The van der Waals surface area contributed by atoms with E-state index in [1.54, 1.807) is 0 Å². The SMILES string of the molecule is CCCc1cc2c(cc1N1CCCC1)OCO2. The predicted octanol–water partition coefficient (Wildman–Crippen LogP) is 2.97. The zero-order valence-electron chi connectivity index (χ0n) is 10.4. The Labute approximate surface area is 102 Å². The van der Waals surface area contributed by atoms with E-state index in [0.717, 1.165) is 17.9 Å². The van der Waals surface area contributed by atoms with Crippen molar-refractivity contribution < 1.29 is 9.47 Å². The third-order valence-electron chi connectivity index (χ3n) is 3.54. The van der Waals surface area contributed by atoms with Gasteiger partial charge in [-0.1, -0.05) is 13.3 Å². The monoisotopic (exact) mass is 233 g/mol. The normalized spacial score (nSPS) is 17.8. The first-order valence-corrected chi connectivity index (χ1v) is 6.56. The molecule has 3 nitrogen and oxygen atoms in total. The first-order chi connectivity index (χ1) is 8.38. The van der Waals surface area contributed by atoms with E-state index in [9.17, 15) is 0 Å². The van der Waals surface area contributed by atoms with Gasteiger partial charge in [0, 0.05) is 24.8 Å². The smallest absolute Gasteiger partial charge is 0.231 e. The molecule has 0 radical (unpaired) electrons. The molecule has 2 aliphatic heterocycles. The number of benzene rings is 1. The molecule has 17 heavy (non-hydrogen) atoms. The molecule has 0 unspecified atom stereocenters. The Morgan fingerprint density at radius 3 is 2.53 bits per heavy atom. The highest BCUT2D eigenvalue weighted by molar-refractivity contribution is 5.63. The van der Waals surface area contributed by atoms with Crippen LogP contribution in [-0.2, 0) is 6.42 Å². The topological polar surface area (TPSA) is 21.7 Å². The van der Waals surface area contributed by atoms with Crippen LogP contribution in [-0.4, -0.2) is 19.9 Å². The zero-order valence-corrected chi connectivity index (χ0v) is 10.4. The molecule has 0 N–H and O–H groups in total. The molecule has 0 aliphatic carbocycles. The minimum atomic E-state index is 0.365.